The van der Waals surface area contributed by atoms with Gasteiger partial charge in [-0.1, -0.05) is 71.8 Å². The molecule has 0 bridgehead atoms. The Morgan fingerprint density at radius 2 is 1.65 bits per heavy atom. The van der Waals surface area contributed by atoms with Crippen molar-refractivity contribution in [3.63, 3.8) is 0 Å². The average Bonchev–Trinajstić information content (AvgIpc) is 2.16. The molecule has 0 unspecified atom stereocenters. The molecule has 0 amide bonds. The summed E-state index contributed by atoms with van der Waals surface area (Å²) in [5.74, 6) is 0.600. The van der Waals surface area contributed by atoms with Gasteiger partial charge < -0.3 is 0 Å². The Kier molecular flexibility index (Phi) is 7.50. The van der Waals surface area contributed by atoms with Crippen molar-refractivity contribution in [2.45, 2.75) is 73.1 Å². The molecule has 0 N–H and O–H groups in total. The Hall–Kier alpha value is -0.520. The van der Waals surface area contributed by atoms with E-state index in [-0.39, 0.29) is 0 Å². The quantitative estimate of drug-likeness (QED) is 0.333. The van der Waals surface area contributed by atoms with Crippen LogP contribution in [0.2, 0.25) is 0 Å². The second kappa shape index (κ2) is 7.74. The molecule has 0 rings (SSSR count). The van der Waals surface area contributed by atoms with Crippen LogP contribution in [0.5, 0.6) is 0 Å². The van der Waals surface area contributed by atoms with Gasteiger partial charge in [-0.3, -0.25) is 0 Å². The van der Waals surface area contributed by atoms with E-state index in [2.05, 4.69) is 47.8 Å². The summed E-state index contributed by atoms with van der Waals surface area (Å²) in [6.45, 7) is 19.8. The summed E-state index contributed by atoms with van der Waals surface area (Å²) in [7, 11) is 0. The number of allylic oxidation sites excluding steroid dienone is 2. The maximum Gasteiger partial charge on any atom is -0.0263 e. The van der Waals surface area contributed by atoms with Crippen LogP contribution < -0.4 is 0 Å². The van der Waals surface area contributed by atoms with Crippen molar-refractivity contribution in [2.75, 3.05) is 0 Å². The van der Waals surface area contributed by atoms with Crippen molar-refractivity contribution >= 4 is 0 Å². The molecule has 0 aliphatic rings. The lowest BCUT2D eigenvalue weighted by Gasteiger charge is -2.28. The van der Waals surface area contributed by atoms with Gasteiger partial charge in [0.1, 0.15) is 0 Å². The third kappa shape index (κ3) is 8.24. The molecule has 0 atom stereocenters. The van der Waals surface area contributed by atoms with Crippen molar-refractivity contribution in [1.82, 2.24) is 0 Å². The lowest BCUT2D eigenvalue weighted by atomic mass is 9.77. The van der Waals surface area contributed by atoms with Gasteiger partial charge in [-0.2, -0.15) is 0 Å². The molecule has 0 saturated heterocycles. The fourth-order valence-electron chi connectivity index (χ4n) is 2.27. The van der Waals surface area contributed by atoms with Crippen LogP contribution in [0, 0.1) is 11.3 Å². The number of hydrogen-bond acceptors (Lipinski definition) is 0. The summed E-state index contributed by atoms with van der Waals surface area (Å²) in [4.78, 5) is 0. The monoisotopic (exact) mass is 236 g/mol. The van der Waals surface area contributed by atoms with E-state index in [1.165, 1.54) is 36.8 Å². The van der Waals surface area contributed by atoms with Gasteiger partial charge in [0, 0.05) is 0 Å². The second-order valence-electron chi connectivity index (χ2n) is 6.54. The molecule has 0 aromatic rings. The van der Waals surface area contributed by atoms with Gasteiger partial charge in [-0.15, -0.1) is 0 Å². The van der Waals surface area contributed by atoms with Crippen LogP contribution in [0.4, 0.5) is 0 Å². The van der Waals surface area contributed by atoms with Gasteiger partial charge in [-0.05, 0) is 37.0 Å². The molecular weight excluding hydrogens is 204 g/mol. The lowest BCUT2D eigenvalue weighted by molar-refractivity contribution is 0.343. The Balaban J connectivity index is 4.06. The predicted octanol–water partition coefficient (Wildman–Crippen LogP) is 6.14. The molecule has 0 aliphatic carbocycles. The molecule has 0 heterocycles. The highest BCUT2D eigenvalue weighted by atomic mass is 14.3. The SMILES string of the molecule is C=C(CCCCC)CC(C)(C)CC(=C)C(C)C. The first-order valence-electron chi connectivity index (χ1n) is 7.13. The summed E-state index contributed by atoms with van der Waals surface area (Å²) >= 11 is 0. The molecule has 0 radical (unpaired) electrons. The topological polar surface area (TPSA) is 0 Å². The van der Waals surface area contributed by atoms with Crippen molar-refractivity contribution in [2.24, 2.45) is 11.3 Å². The van der Waals surface area contributed by atoms with Gasteiger partial charge in [0.15, 0.2) is 0 Å². The highest BCUT2D eigenvalue weighted by Crippen LogP contribution is 2.34. The molecule has 0 spiro atoms. The summed E-state index contributed by atoms with van der Waals surface area (Å²) < 4.78 is 0. The van der Waals surface area contributed by atoms with Crippen molar-refractivity contribution in [1.29, 1.82) is 0 Å². The number of rotatable bonds is 9. The zero-order valence-corrected chi connectivity index (χ0v) is 12.7. The Labute approximate surface area is 109 Å². The van der Waals surface area contributed by atoms with E-state index in [9.17, 15) is 0 Å². The van der Waals surface area contributed by atoms with E-state index in [1.54, 1.807) is 0 Å². The minimum Gasteiger partial charge on any atom is -0.0998 e. The van der Waals surface area contributed by atoms with Crippen LogP contribution in [0.15, 0.2) is 24.3 Å². The number of unbranched alkanes of at least 4 members (excludes halogenated alkanes) is 2. The predicted molar refractivity (Wildman–Crippen MR) is 80.3 cm³/mol. The Bertz CT molecular complexity index is 243. The molecular formula is C17H32. The van der Waals surface area contributed by atoms with Gasteiger partial charge >= 0.3 is 0 Å². The molecule has 0 aromatic heterocycles. The lowest BCUT2D eigenvalue weighted by Crippen LogP contribution is -2.15. The van der Waals surface area contributed by atoms with E-state index < -0.39 is 0 Å². The standard InChI is InChI=1S/C17H32/c1-8-9-10-11-15(4)12-17(6,7)13-16(5)14(2)3/h14H,4-5,8-13H2,1-3,6-7H3. The van der Waals surface area contributed by atoms with E-state index in [0.29, 0.717) is 11.3 Å². The van der Waals surface area contributed by atoms with E-state index in [1.807, 2.05) is 0 Å². The fourth-order valence-corrected chi connectivity index (χ4v) is 2.27. The van der Waals surface area contributed by atoms with E-state index >= 15 is 0 Å². The van der Waals surface area contributed by atoms with Crippen LogP contribution in [-0.4, -0.2) is 0 Å². The zero-order chi connectivity index (χ0) is 13.5. The Morgan fingerprint density at radius 3 is 2.12 bits per heavy atom. The zero-order valence-electron chi connectivity index (χ0n) is 12.7. The molecule has 0 fully saturated rings. The first-order valence-corrected chi connectivity index (χ1v) is 7.13. The Morgan fingerprint density at radius 1 is 1.06 bits per heavy atom. The van der Waals surface area contributed by atoms with Gasteiger partial charge in [-0.25, -0.2) is 0 Å². The normalized spacial score (nSPS) is 11.9. The molecule has 0 saturated carbocycles. The molecule has 0 aliphatic heterocycles. The van der Waals surface area contributed by atoms with Crippen LogP contribution in [0.1, 0.15) is 73.1 Å². The molecule has 0 heteroatoms. The minimum atomic E-state index is 0.324. The van der Waals surface area contributed by atoms with Gasteiger partial charge in [0.2, 0.25) is 0 Å². The molecule has 0 aromatic carbocycles. The first kappa shape index (κ1) is 16.5. The van der Waals surface area contributed by atoms with Crippen LogP contribution in [0.3, 0.4) is 0 Å². The van der Waals surface area contributed by atoms with Gasteiger partial charge in [0.25, 0.3) is 0 Å². The highest BCUT2D eigenvalue weighted by molar-refractivity contribution is 5.06. The van der Waals surface area contributed by atoms with E-state index in [4.69, 9.17) is 0 Å². The highest BCUT2D eigenvalue weighted by Gasteiger charge is 2.21. The fraction of sp³-hybridized carbons (Fsp3) is 0.765. The largest absolute Gasteiger partial charge is 0.0998 e. The summed E-state index contributed by atoms with van der Waals surface area (Å²) in [5.41, 5.74) is 3.11. The first-order chi connectivity index (χ1) is 7.78. The van der Waals surface area contributed by atoms with E-state index in [0.717, 1.165) is 12.8 Å². The second-order valence-corrected chi connectivity index (χ2v) is 6.54. The van der Waals surface area contributed by atoms with Crippen molar-refractivity contribution in [3.05, 3.63) is 24.3 Å². The maximum absolute atomic E-state index is 4.23. The minimum absolute atomic E-state index is 0.324. The summed E-state index contributed by atoms with van der Waals surface area (Å²) in [6.07, 6.45) is 7.39. The summed E-state index contributed by atoms with van der Waals surface area (Å²) in [6, 6.07) is 0. The van der Waals surface area contributed by atoms with Crippen LogP contribution in [-0.2, 0) is 0 Å². The smallest absolute Gasteiger partial charge is 0.0263 e. The van der Waals surface area contributed by atoms with Crippen molar-refractivity contribution in [3.8, 4) is 0 Å². The molecule has 17 heavy (non-hydrogen) atoms. The van der Waals surface area contributed by atoms with Crippen LogP contribution in [0.25, 0.3) is 0 Å². The van der Waals surface area contributed by atoms with Gasteiger partial charge in [0.05, 0.1) is 0 Å². The van der Waals surface area contributed by atoms with Crippen LogP contribution >= 0.6 is 0 Å². The summed E-state index contributed by atoms with van der Waals surface area (Å²) in [5, 5.41) is 0. The molecule has 100 valence electrons. The maximum atomic E-state index is 4.23. The average molecular weight is 236 g/mol. The number of hydrogen-bond donors (Lipinski definition) is 0. The molecule has 0 nitrogen and oxygen atoms in total. The third-order valence-corrected chi connectivity index (χ3v) is 3.38. The van der Waals surface area contributed by atoms with Crippen molar-refractivity contribution < 1.29 is 0 Å². The third-order valence-electron chi connectivity index (χ3n) is 3.38.